The van der Waals surface area contributed by atoms with Crippen LogP contribution in [0.5, 0.6) is 0 Å². The number of methoxy groups -OCH3 is 1. The highest BCUT2D eigenvalue weighted by Gasteiger charge is 2.52. The lowest BCUT2D eigenvalue weighted by Gasteiger charge is -2.59. The zero-order chi connectivity index (χ0) is 14.3. The predicted octanol–water partition coefficient (Wildman–Crippen LogP) is 3.12. The van der Waals surface area contributed by atoms with Crippen molar-refractivity contribution >= 4 is 21.9 Å². The molecule has 4 aliphatic rings. The molecule has 1 N–H and O–H groups in total. The molecule has 0 aromatic heterocycles. The van der Waals surface area contributed by atoms with E-state index in [1.807, 2.05) is 0 Å². The minimum Gasteiger partial charge on any atom is -0.468 e. The lowest BCUT2D eigenvalue weighted by atomic mass is 9.48. The normalized spacial score (nSPS) is 41.5. The summed E-state index contributed by atoms with van der Waals surface area (Å²) in [6.45, 7) is 2.99. The van der Waals surface area contributed by atoms with Crippen LogP contribution in [0.3, 0.4) is 0 Å². The average Bonchev–Trinajstić information content (AvgIpc) is 2.41. The van der Waals surface area contributed by atoms with E-state index in [4.69, 9.17) is 4.74 Å². The number of nitrogens with one attached hydrogen (secondary N) is 1. The Hall–Kier alpha value is -0.0900. The van der Waals surface area contributed by atoms with Crippen molar-refractivity contribution < 1.29 is 9.53 Å². The van der Waals surface area contributed by atoms with E-state index in [1.165, 1.54) is 45.6 Å². The van der Waals surface area contributed by atoms with Gasteiger partial charge in [-0.05, 0) is 68.6 Å². The molecule has 2 atom stereocenters. The van der Waals surface area contributed by atoms with E-state index in [-0.39, 0.29) is 10.8 Å². The number of rotatable bonds is 5. The van der Waals surface area contributed by atoms with Gasteiger partial charge in [-0.2, -0.15) is 0 Å². The van der Waals surface area contributed by atoms with Crippen LogP contribution in [-0.4, -0.2) is 30.5 Å². The Morgan fingerprint density at radius 2 is 1.75 bits per heavy atom. The summed E-state index contributed by atoms with van der Waals surface area (Å²) in [6, 6.07) is 0.501. The molecule has 0 aliphatic heterocycles. The van der Waals surface area contributed by atoms with Crippen molar-refractivity contribution in [2.24, 2.45) is 23.2 Å². The van der Waals surface area contributed by atoms with Crippen molar-refractivity contribution in [2.45, 2.75) is 56.3 Å². The van der Waals surface area contributed by atoms with Crippen LogP contribution in [0, 0.1) is 23.2 Å². The van der Waals surface area contributed by atoms with E-state index in [9.17, 15) is 4.79 Å². The Labute approximate surface area is 130 Å². The highest BCUT2D eigenvalue weighted by Crippen LogP contribution is 2.61. The molecule has 0 aromatic carbocycles. The Balaban J connectivity index is 1.59. The first kappa shape index (κ1) is 14.8. The number of hydrogen-bond donors (Lipinski definition) is 1. The van der Waals surface area contributed by atoms with Gasteiger partial charge in [-0.25, -0.2) is 0 Å². The van der Waals surface area contributed by atoms with E-state index in [2.05, 4.69) is 28.2 Å². The monoisotopic (exact) mass is 343 g/mol. The van der Waals surface area contributed by atoms with Crippen LogP contribution in [0.2, 0.25) is 0 Å². The number of esters is 1. The third-order valence-corrected chi connectivity index (χ3v) is 6.76. The minimum absolute atomic E-state index is 0.185. The van der Waals surface area contributed by atoms with Crippen LogP contribution >= 0.6 is 15.9 Å². The smallest absolute Gasteiger partial charge is 0.320 e. The SMILES string of the molecule is COC(=O)C(Br)CNC(C)C12CC3CC(CC(C3)C1)C2. The molecule has 0 aromatic rings. The zero-order valence-corrected chi connectivity index (χ0v) is 14.1. The maximum Gasteiger partial charge on any atom is 0.320 e. The molecule has 4 fully saturated rings. The number of carbonyl (C=O) groups excluding carboxylic acids is 1. The topological polar surface area (TPSA) is 38.3 Å². The third kappa shape index (κ3) is 2.66. The first-order chi connectivity index (χ1) is 9.52. The van der Waals surface area contributed by atoms with E-state index in [0.29, 0.717) is 18.0 Å². The summed E-state index contributed by atoms with van der Waals surface area (Å²) < 4.78 is 4.77. The molecular weight excluding hydrogens is 318 g/mol. The quantitative estimate of drug-likeness (QED) is 0.615. The van der Waals surface area contributed by atoms with Crippen molar-refractivity contribution in [3.63, 3.8) is 0 Å². The lowest BCUT2D eigenvalue weighted by Crippen LogP contribution is -2.55. The molecule has 0 amide bonds. The molecule has 4 saturated carbocycles. The van der Waals surface area contributed by atoms with Gasteiger partial charge in [0.15, 0.2) is 0 Å². The van der Waals surface area contributed by atoms with Gasteiger partial charge in [0.1, 0.15) is 4.83 Å². The van der Waals surface area contributed by atoms with Crippen molar-refractivity contribution in [1.29, 1.82) is 0 Å². The van der Waals surface area contributed by atoms with Gasteiger partial charge in [-0.1, -0.05) is 15.9 Å². The molecule has 3 nitrogen and oxygen atoms in total. The average molecular weight is 344 g/mol. The Morgan fingerprint density at radius 1 is 1.25 bits per heavy atom. The molecule has 4 rings (SSSR count). The summed E-state index contributed by atoms with van der Waals surface area (Å²) >= 11 is 3.40. The Kier molecular flexibility index (Phi) is 4.15. The van der Waals surface area contributed by atoms with Crippen molar-refractivity contribution in [3.8, 4) is 0 Å². The highest BCUT2D eigenvalue weighted by atomic mass is 79.9. The third-order valence-electron chi connectivity index (χ3n) is 6.06. The number of ether oxygens (including phenoxy) is 1. The van der Waals surface area contributed by atoms with Gasteiger partial charge >= 0.3 is 5.97 Å². The largest absolute Gasteiger partial charge is 0.468 e. The Morgan fingerprint density at radius 3 is 2.20 bits per heavy atom. The van der Waals surface area contributed by atoms with Gasteiger partial charge in [0, 0.05) is 12.6 Å². The number of halogens is 1. The summed E-state index contributed by atoms with van der Waals surface area (Å²) in [7, 11) is 1.44. The summed E-state index contributed by atoms with van der Waals surface area (Å²) in [5.41, 5.74) is 0.498. The molecule has 20 heavy (non-hydrogen) atoms. The molecule has 0 saturated heterocycles. The number of carbonyl (C=O) groups is 1. The molecule has 0 heterocycles. The maximum atomic E-state index is 11.5. The fraction of sp³-hybridized carbons (Fsp3) is 0.938. The van der Waals surface area contributed by atoms with Crippen LogP contribution in [0.1, 0.15) is 45.4 Å². The second-order valence-corrected chi connectivity index (χ2v) is 8.51. The van der Waals surface area contributed by atoms with Crippen LogP contribution in [0.25, 0.3) is 0 Å². The van der Waals surface area contributed by atoms with Gasteiger partial charge in [0.25, 0.3) is 0 Å². The lowest BCUT2D eigenvalue weighted by molar-refractivity contribution is -0.139. The van der Waals surface area contributed by atoms with E-state index in [1.54, 1.807) is 0 Å². The zero-order valence-electron chi connectivity index (χ0n) is 12.5. The molecule has 0 radical (unpaired) electrons. The van der Waals surface area contributed by atoms with E-state index >= 15 is 0 Å². The van der Waals surface area contributed by atoms with Crippen molar-refractivity contribution in [3.05, 3.63) is 0 Å². The van der Waals surface area contributed by atoms with Gasteiger partial charge in [-0.3, -0.25) is 4.79 Å². The second-order valence-electron chi connectivity index (χ2n) is 7.40. The molecule has 4 bridgehead atoms. The van der Waals surface area contributed by atoms with Crippen LogP contribution in [-0.2, 0) is 9.53 Å². The van der Waals surface area contributed by atoms with Crippen molar-refractivity contribution in [2.75, 3.05) is 13.7 Å². The fourth-order valence-electron chi connectivity index (χ4n) is 5.42. The summed E-state index contributed by atoms with van der Waals surface area (Å²) in [6.07, 6.45) is 8.65. The summed E-state index contributed by atoms with van der Waals surface area (Å²) in [5.74, 6) is 2.75. The number of alkyl halides is 1. The second kappa shape index (κ2) is 5.60. The molecule has 114 valence electrons. The van der Waals surface area contributed by atoms with Crippen molar-refractivity contribution in [1.82, 2.24) is 5.32 Å². The predicted molar refractivity (Wildman–Crippen MR) is 82.8 cm³/mol. The van der Waals surface area contributed by atoms with Crippen LogP contribution in [0.15, 0.2) is 0 Å². The molecule has 4 heteroatoms. The van der Waals surface area contributed by atoms with Gasteiger partial charge in [0.2, 0.25) is 0 Å². The van der Waals surface area contributed by atoms with Gasteiger partial charge < -0.3 is 10.1 Å². The van der Waals surface area contributed by atoms with Gasteiger partial charge in [0.05, 0.1) is 7.11 Å². The Bertz CT molecular complexity index is 349. The van der Waals surface area contributed by atoms with Crippen LogP contribution in [0.4, 0.5) is 0 Å². The van der Waals surface area contributed by atoms with Crippen LogP contribution < -0.4 is 5.32 Å². The highest BCUT2D eigenvalue weighted by molar-refractivity contribution is 9.10. The first-order valence-corrected chi connectivity index (χ1v) is 8.89. The molecule has 2 unspecified atom stereocenters. The maximum absolute atomic E-state index is 11.5. The summed E-state index contributed by atoms with van der Waals surface area (Å²) in [5, 5.41) is 3.61. The molecule has 0 spiro atoms. The van der Waals surface area contributed by atoms with Gasteiger partial charge in [-0.15, -0.1) is 0 Å². The van der Waals surface area contributed by atoms with E-state index in [0.717, 1.165) is 17.8 Å². The first-order valence-electron chi connectivity index (χ1n) is 7.97. The number of hydrogen-bond acceptors (Lipinski definition) is 3. The fourth-order valence-corrected chi connectivity index (χ4v) is 5.79. The molecule has 4 aliphatic carbocycles. The molecular formula is C16H26BrNO2. The standard InChI is InChI=1S/C16H26BrNO2/c1-10(18-9-14(17)15(19)20-2)16-6-11-3-12(7-16)5-13(4-11)8-16/h10-14,18H,3-9H2,1-2H3. The summed E-state index contributed by atoms with van der Waals surface area (Å²) in [4.78, 5) is 11.2. The van der Waals surface area contributed by atoms with E-state index < -0.39 is 0 Å². The minimum atomic E-state index is -0.233.